The molecular weight excluding hydrogens is 364 g/mol. The molecule has 1 aliphatic heterocycles. The molecule has 2 aromatic heterocycles. The van der Waals surface area contributed by atoms with Crippen molar-refractivity contribution in [3.63, 3.8) is 0 Å². The van der Waals surface area contributed by atoms with Gasteiger partial charge in [-0.3, -0.25) is 0 Å². The maximum atomic E-state index is 4.86. The highest BCUT2D eigenvalue weighted by molar-refractivity contribution is 7.11. The molecule has 0 amide bonds. The first-order valence-corrected chi connectivity index (χ1v) is 10.5. The van der Waals surface area contributed by atoms with Crippen molar-refractivity contribution < 1.29 is 0 Å². The van der Waals surface area contributed by atoms with Crippen LogP contribution in [0, 0.1) is 13.8 Å². The molecular formula is C23H26N4S. The van der Waals surface area contributed by atoms with E-state index in [1.54, 1.807) is 11.3 Å². The minimum absolute atomic E-state index is 0.106. The molecule has 5 heteroatoms. The van der Waals surface area contributed by atoms with Gasteiger partial charge in [0, 0.05) is 34.8 Å². The minimum atomic E-state index is 0.106. The van der Waals surface area contributed by atoms with E-state index in [0.717, 1.165) is 41.6 Å². The third-order valence-corrected chi connectivity index (χ3v) is 6.37. The Hall–Kier alpha value is -2.79. The number of benzene rings is 1. The van der Waals surface area contributed by atoms with Crippen LogP contribution in [0.4, 0.5) is 5.82 Å². The van der Waals surface area contributed by atoms with Crippen LogP contribution in [-0.4, -0.2) is 22.4 Å². The van der Waals surface area contributed by atoms with Gasteiger partial charge in [0.2, 0.25) is 0 Å². The number of hydrogen-bond acceptors (Lipinski definition) is 4. The number of likely N-dealkylation sites (N-methyl/N-ethyl adjacent to an activating group) is 1. The van der Waals surface area contributed by atoms with E-state index in [9.17, 15) is 0 Å². The molecule has 1 aromatic carbocycles. The first-order chi connectivity index (χ1) is 13.5. The lowest BCUT2D eigenvalue weighted by atomic mass is 9.97. The van der Waals surface area contributed by atoms with Crippen molar-refractivity contribution in [2.45, 2.75) is 33.2 Å². The molecule has 4 nitrogen and oxygen atoms in total. The Bertz CT molecular complexity index is 1030. The summed E-state index contributed by atoms with van der Waals surface area (Å²) in [5.74, 6) is 1.13. The third-order valence-electron chi connectivity index (χ3n) is 5.26. The number of fused-ring (bicyclic) bond motifs is 1. The monoisotopic (exact) mass is 390 g/mol. The van der Waals surface area contributed by atoms with Crippen molar-refractivity contribution in [3.8, 4) is 5.69 Å². The van der Waals surface area contributed by atoms with Crippen molar-refractivity contribution >= 4 is 22.9 Å². The van der Waals surface area contributed by atoms with Crippen LogP contribution in [0.15, 0.2) is 60.6 Å². The van der Waals surface area contributed by atoms with E-state index in [1.165, 1.54) is 16.0 Å². The molecule has 0 unspecified atom stereocenters. The van der Waals surface area contributed by atoms with Crippen LogP contribution >= 0.6 is 11.3 Å². The van der Waals surface area contributed by atoms with Gasteiger partial charge in [-0.15, -0.1) is 11.3 Å². The average Bonchev–Trinajstić information content (AvgIpc) is 3.27. The van der Waals surface area contributed by atoms with E-state index in [0.29, 0.717) is 0 Å². The van der Waals surface area contributed by atoms with Gasteiger partial charge in [0.15, 0.2) is 0 Å². The highest BCUT2D eigenvalue weighted by Crippen LogP contribution is 2.36. The summed E-state index contributed by atoms with van der Waals surface area (Å²) in [6.45, 7) is 15.9. The van der Waals surface area contributed by atoms with E-state index in [1.807, 2.05) is 22.9 Å². The smallest absolute Gasteiger partial charge is 0.140 e. The number of aryl methyl sites for hydroxylation is 2. The van der Waals surface area contributed by atoms with Gasteiger partial charge in [-0.25, -0.2) is 4.68 Å². The average molecular weight is 391 g/mol. The molecule has 3 aromatic rings. The molecule has 0 aliphatic carbocycles. The highest BCUT2D eigenvalue weighted by Gasteiger charge is 2.33. The summed E-state index contributed by atoms with van der Waals surface area (Å²) in [6.07, 6.45) is 0.854. The number of aromatic nitrogens is 2. The summed E-state index contributed by atoms with van der Waals surface area (Å²) >= 11 is 1.72. The number of para-hydroxylation sites is 1. The van der Waals surface area contributed by atoms with Gasteiger partial charge < -0.3 is 10.2 Å². The fourth-order valence-corrected chi connectivity index (χ4v) is 4.65. The zero-order valence-electron chi connectivity index (χ0n) is 16.7. The van der Waals surface area contributed by atoms with E-state index < -0.39 is 0 Å². The van der Waals surface area contributed by atoms with Crippen LogP contribution in [0.2, 0.25) is 0 Å². The largest absolute Gasteiger partial charge is 0.376 e. The van der Waals surface area contributed by atoms with E-state index in [-0.39, 0.29) is 6.04 Å². The Balaban J connectivity index is 1.69. The summed E-state index contributed by atoms with van der Waals surface area (Å²) in [5, 5.41) is 10.6. The number of anilines is 1. The third kappa shape index (κ3) is 3.16. The normalized spacial score (nSPS) is 16.2. The van der Waals surface area contributed by atoms with E-state index in [4.69, 9.17) is 5.10 Å². The maximum absolute atomic E-state index is 4.86. The summed E-state index contributed by atoms with van der Waals surface area (Å²) in [5.41, 5.74) is 6.68. The van der Waals surface area contributed by atoms with Gasteiger partial charge in [-0.2, -0.15) is 5.10 Å². The number of rotatable bonds is 5. The van der Waals surface area contributed by atoms with Gasteiger partial charge in [0.1, 0.15) is 5.82 Å². The van der Waals surface area contributed by atoms with Crippen LogP contribution < -0.4 is 10.2 Å². The van der Waals surface area contributed by atoms with E-state index >= 15 is 0 Å². The van der Waals surface area contributed by atoms with Crippen molar-refractivity contribution in [1.29, 1.82) is 0 Å². The zero-order valence-corrected chi connectivity index (χ0v) is 17.5. The molecule has 1 aliphatic rings. The van der Waals surface area contributed by atoms with Gasteiger partial charge in [-0.1, -0.05) is 31.4 Å². The van der Waals surface area contributed by atoms with E-state index in [2.05, 4.69) is 67.7 Å². The lowest BCUT2D eigenvalue weighted by molar-refractivity contribution is 0.618. The zero-order chi connectivity index (χ0) is 19.8. The molecule has 0 fully saturated rings. The first kappa shape index (κ1) is 18.6. The van der Waals surface area contributed by atoms with Crippen LogP contribution in [0.5, 0.6) is 0 Å². The van der Waals surface area contributed by atoms with Gasteiger partial charge in [0.05, 0.1) is 17.4 Å². The Morgan fingerprint density at radius 3 is 2.68 bits per heavy atom. The lowest BCUT2D eigenvalue weighted by Crippen LogP contribution is -2.43. The van der Waals surface area contributed by atoms with Crippen molar-refractivity contribution in [2.75, 3.05) is 11.4 Å². The quantitative estimate of drug-likeness (QED) is 0.660. The Kier molecular flexibility index (Phi) is 4.85. The second-order valence-corrected chi connectivity index (χ2v) is 8.15. The summed E-state index contributed by atoms with van der Waals surface area (Å²) in [7, 11) is 0. The summed E-state index contributed by atoms with van der Waals surface area (Å²) in [4.78, 5) is 3.45. The minimum Gasteiger partial charge on any atom is -0.376 e. The van der Waals surface area contributed by atoms with Crippen molar-refractivity contribution in [2.24, 2.45) is 0 Å². The van der Waals surface area contributed by atoms with Crippen molar-refractivity contribution in [1.82, 2.24) is 15.1 Å². The molecule has 0 bridgehead atoms. The lowest BCUT2D eigenvalue weighted by Gasteiger charge is -2.37. The molecule has 1 N–H and O–H groups in total. The molecule has 4 rings (SSSR count). The highest BCUT2D eigenvalue weighted by atomic mass is 32.1. The molecule has 1 atom stereocenters. The molecule has 0 radical (unpaired) electrons. The number of nitrogens with one attached hydrogen (secondary N) is 1. The van der Waals surface area contributed by atoms with Crippen LogP contribution in [0.3, 0.4) is 0 Å². The Labute approximate surface area is 170 Å². The fraction of sp³-hybridized carbons (Fsp3) is 0.261. The number of thiophene rings is 1. The molecule has 0 spiro atoms. The fourth-order valence-electron chi connectivity index (χ4n) is 3.82. The van der Waals surface area contributed by atoms with Crippen LogP contribution in [0.1, 0.15) is 28.6 Å². The summed E-state index contributed by atoms with van der Waals surface area (Å²) < 4.78 is 2.05. The van der Waals surface area contributed by atoms with Gasteiger partial charge in [-0.05, 0) is 49.9 Å². The maximum Gasteiger partial charge on any atom is 0.140 e. The SMILES string of the molecule is C=C(N[C@H]1Cc2c(C)nn(-c3ccccc3)c2N(CC)C1=C)c1cc(C)cs1. The van der Waals surface area contributed by atoms with Crippen molar-refractivity contribution in [3.05, 3.63) is 82.3 Å². The topological polar surface area (TPSA) is 33.1 Å². The molecule has 144 valence electrons. The number of nitrogens with zero attached hydrogens (tertiary/aromatic N) is 3. The number of hydrogen-bond donors (Lipinski definition) is 1. The van der Waals surface area contributed by atoms with Crippen LogP contribution in [-0.2, 0) is 6.42 Å². The Morgan fingerprint density at radius 2 is 2.04 bits per heavy atom. The predicted molar refractivity (Wildman–Crippen MR) is 119 cm³/mol. The Morgan fingerprint density at radius 1 is 1.29 bits per heavy atom. The predicted octanol–water partition coefficient (Wildman–Crippen LogP) is 5.08. The standard InChI is InChI=1S/C23H26N4S/c1-6-26-18(5)21(24-17(4)22-12-15(2)14-28-22)13-20-16(3)25-27(23(20)26)19-10-8-7-9-11-19/h7-12,14,21,24H,4-6,13H2,1-3H3/t21-/m0/s1. The van der Waals surface area contributed by atoms with Gasteiger partial charge in [0.25, 0.3) is 0 Å². The van der Waals surface area contributed by atoms with Crippen LogP contribution in [0.25, 0.3) is 11.4 Å². The molecule has 3 heterocycles. The summed E-state index contributed by atoms with van der Waals surface area (Å²) in [6, 6.07) is 12.6. The second-order valence-electron chi connectivity index (χ2n) is 7.24. The molecule has 28 heavy (non-hydrogen) atoms. The molecule has 0 saturated heterocycles. The molecule has 0 saturated carbocycles. The first-order valence-electron chi connectivity index (χ1n) is 9.60. The second kappa shape index (κ2) is 7.32. The van der Waals surface area contributed by atoms with Gasteiger partial charge >= 0.3 is 0 Å².